The molecule has 1 saturated heterocycles. The standard InChI is InChI=1S/C12H16N2O4S/c13-9-6-7-14(12(15)16)11(8-9)19(17,18)10-4-2-1-3-5-10/h1-5,9,11H,6-8,13H2,(H,15,16). The molecule has 2 unspecified atom stereocenters. The largest absolute Gasteiger partial charge is 0.465 e. The van der Waals surface area contributed by atoms with Crippen molar-refractivity contribution in [1.82, 2.24) is 4.90 Å². The van der Waals surface area contributed by atoms with E-state index in [2.05, 4.69) is 0 Å². The Kier molecular flexibility index (Phi) is 3.77. The number of rotatable bonds is 2. The van der Waals surface area contributed by atoms with Crippen LogP contribution in [0.2, 0.25) is 0 Å². The van der Waals surface area contributed by atoms with Crippen LogP contribution < -0.4 is 5.73 Å². The number of nitrogens with zero attached hydrogens (tertiary/aromatic N) is 1. The van der Waals surface area contributed by atoms with Crippen molar-refractivity contribution in [1.29, 1.82) is 0 Å². The molecule has 6 nitrogen and oxygen atoms in total. The van der Waals surface area contributed by atoms with Crippen LogP contribution >= 0.6 is 0 Å². The molecule has 1 fully saturated rings. The number of sulfone groups is 1. The molecule has 19 heavy (non-hydrogen) atoms. The zero-order valence-electron chi connectivity index (χ0n) is 10.3. The van der Waals surface area contributed by atoms with Gasteiger partial charge in [-0.1, -0.05) is 18.2 Å². The van der Waals surface area contributed by atoms with Gasteiger partial charge in [-0.2, -0.15) is 0 Å². The van der Waals surface area contributed by atoms with E-state index in [4.69, 9.17) is 10.8 Å². The molecule has 1 aliphatic rings. The van der Waals surface area contributed by atoms with Crippen LogP contribution in [-0.2, 0) is 9.84 Å². The molecule has 3 N–H and O–H groups in total. The van der Waals surface area contributed by atoms with E-state index in [1.165, 1.54) is 12.1 Å². The van der Waals surface area contributed by atoms with E-state index >= 15 is 0 Å². The molecule has 1 heterocycles. The van der Waals surface area contributed by atoms with Gasteiger partial charge >= 0.3 is 6.09 Å². The van der Waals surface area contributed by atoms with Gasteiger partial charge in [-0.05, 0) is 25.0 Å². The molecule has 0 aliphatic carbocycles. The molecule has 2 atom stereocenters. The van der Waals surface area contributed by atoms with Gasteiger partial charge in [0.25, 0.3) is 0 Å². The SMILES string of the molecule is NC1CCN(C(=O)O)C(S(=O)(=O)c2ccccc2)C1. The minimum Gasteiger partial charge on any atom is -0.465 e. The molecule has 0 aromatic heterocycles. The highest BCUT2D eigenvalue weighted by atomic mass is 32.2. The topological polar surface area (TPSA) is 101 Å². The summed E-state index contributed by atoms with van der Waals surface area (Å²) in [4.78, 5) is 12.3. The van der Waals surface area contributed by atoms with Crippen LogP contribution in [0.1, 0.15) is 12.8 Å². The quantitative estimate of drug-likeness (QED) is 0.840. The molecular weight excluding hydrogens is 268 g/mol. The third kappa shape index (κ3) is 2.71. The Labute approximate surface area is 111 Å². The zero-order chi connectivity index (χ0) is 14.0. The van der Waals surface area contributed by atoms with Crippen LogP contribution in [0, 0.1) is 0 Å². The molecule has 2 rings (SSSR count). The summed E-state index contributed by atoms with van der Waals surface area (Å²) in [7, 11) is -3.72. The summed E-state index contributed by atoms with van der Waals surface area (Å²) in [6.07, 6.45) is -0.618. The van der Waals surface area contributed by atoms with E-state index in [1.54, 1.807) is 18.2 Å². The van der Waals surface area contributed by atoms with Gasteiger partial charge < -0.3 is 10.8 Å². The predicted molar refractivity (Wildman–Crippen MR) is 69.4 cm³/mol. The Morgan fingerprint density at radius 2 is 1.95 bits per heavy atom. The van der Waals surface area contributed by atoms with Gasteiger partial charge in [-0.15, -0.1) is 0 Å². The molecular formula is C12H16N2O4S. The van der Waals surface area contributed by atoms with Crippen LogP contribution in [0.25, 0.3) is 0 Å². The lowest BCUT2D eigenvalue weighted by Gasteiger charge is -2.35. The average molecular weight is 284 g/mol. The highest BCUT2D eigenvalue weighted by Crippen LogP contribution is 2.26. The molecule has 0 spiro atoms. The third-order valence-corrected chi connectivity index (χ3v) is 5.36. The number of carboxylic acid groups (broad SMARTS) is 1. The van der Waals surface area contributed by atoms with Crippen molar-refractivity contribution in [3.05, 3.63) is 30.3 Å². The lowest BCUT2D eigenvalue weighted by molar-refractivity contribution is 0.122. The first-order valence-electron chi connectivity index (χ1n) is 5.97. The van der Waals surface area contributed by atoms with Gasteiger partial charge in [0.1, 0.15) is 5.37 Å². The number of hydrogen-bond acceptors (Lipinski definition) is 4. The number of amides is 1. The van der Waals surface area contributed by atoms with Crippen molar-refractivity contribution in [3.63, 3.8) is 0 Å². The minimum absolute atomic E-state index is 0.125. The maximum atomic E-state index is 12.5. The Hall–Kier alpha value is -1.60. The molecule has 0 saturated carbocycles. The lowest BCUT2D eigenvalue weighted by atomic mass is 10.1. The van der Waals surface area contributed by atoms with Crippen LogP contribution in [-0.4, -0.2) is 42.5 Å². The van der Waals surface area contributed by atoms with Crippen LogP contribution in [0.4, 0.5) is 4.79 Å². The van der Waals surface area contributed by atoms with Gasteiger partial charge in [0, 0.05) is 12.6 Å². The molecule has 1 aliphatic heterocycles. The van der Waals surface area contributed by atoms with Crippen molar-refractivity contribution in [2.75, 3.05) is 6.54 Å². The smallest absolute Gasteiger partial charge is 0.408 e. The molecule has 1 aromatic rings. The number of likely N-dealkylation sites (tertiary alicyclic amines) is 1. The van der Waals surface area contributed by atoms with E-state index in [-0.39, 0.29) is 23.9 Å². The van der Waals surface area contributed by atoms with Crippen LogP contribution in [0.5, 0.6) is 0 Å². The fraction of sp³-hybridized carbons (Fsp3) is 0.417. The Balaban J connectivity index is 2.39. The van der Waals surface area contributed by atoms with E-state index in [0.717, 1.165) is 4.90 Å². The second-order valence-corrected chi connectivity index (χ2v) is 6.68. The van der Waals surface area contributed by atoms with E-state index < -0.39 is 21.3 Å². The molecule has 0 radical (unpaired) electrons. The van der Waals surface area contributed by atoms with Gasteiger partial charge in [0.2, 0.25) is 0 Å². The first-order chi connectivity index (χ1) is 8.93. The van der Waals surface area contributed by atoms with Gasteiger partial charge in [0.15, 0.2) is 9.84 Å². The van der Waals surface area contributed by atoms with Crippen molar-refractivity contribution in [3.8, 4) is 0 Å². The Morgan fingerprint density at radius 3 is 2.53 bits per heavy atom. The third-order valence-electron chi connectivity index (χ3n) is 3.27. The summed E-state index contributed by atoms with van der Waals surface area (Å²) in [6, 6.07) is 7.58. The molecule has 1 amide bonds. The zero-order valence-corrected chi connectivity index (χ0v) is 11.1. The molecule has 104 valence electrons. The summed E-state index contributed by atoms with van der Waals surface area (Å²) in [5.41, 5.74) is 5.78. The average Bonchev–Trinajstić information content (AvgIpc) is 2.39. The summed E-state index contributed by atoms with van der Waals surface area (Å²) < 4.78 is 25.0. The summed E-state index contributed by atoms with van der Waals surface area (Å²) >= 11 is 0. The van der Waals surface area contributed by atoms with Crippen molar-refractivity contribution in [2.24, 2.45) is 5.73 Å². The number of carbonyl (C=O) groups is 1. The normalized spacial score (nSPS) is 24.2. The maximum absolute atomic E-state index is 12.5. The van der Waals surface area contributed by atoms with E-state index in [1.807, 2.05) is 0 Å². The molecule has 7 heteroatoms. The first kappa shape index (κ1) is 13.8. The monoisotopic (exact) mass is 284 g/mol. The van der Waals surface area contributed by atoms with Crippen LogP contribution in [0.3, 0.4) is 0 Å². The summed E-state index contributed by atoms with van der Waals surface area (Å²) in [5, 5.41) is 8.03. The van der Waals surface area contributed by atoms with Gasteiger partial charge in [-0.3, -0.25) is 4.90 Å². The maximum Gasteiger partial charge on any atom is 0.408 e. The number of hydrogen-bond donors (Lipinski definition) is 2. The lowest BCUT2D eigenvalue weighted by Crippen LogP contribution is -2.52. The minimum atomic E-state index is -3.72. The van der Waals surface area contributed by atoms with Crippen molar-refractivity contribution >= 4 is 15.9 Å². The first-order valence-corrected chi connectivity index (χ1v) is 7.51. The number of nitrogens with two attached hydrogens (primary N) is 1. The Morgan fingerprint density at radius 1 is 1.32 bits per heavy atom. The van der Waals surface area contributed by atoms with Crippen molar-refractivity contribution < 1.29 is 18.3 Å². The highest BCUT2D eigenvalue weighted by Gasteiger charge is 2.39. The Bertz CT molecular complexity index is 558. The second kappa shape index (κ2) is 5.18. The number of piperidine rings is 1. The fourth-order valence-corrected chi connectivity index (χ4v) is 4.12. The fourth-order valence-electron chi connectivity index (χ4n) is 2.23. The van der Waals surface area contributed by atoms with Gasteiger partial charge in [-0.25, -0.2) is 13.2 Å². The van der Waals surface area contributed by atoms with Crippen molar-refractivity contribution in [2.45, 2.75) is 29.2 Å². The van der Waals surface area contributed by atoms with Crippen LogP contribution in [0.15, 0.2) is 35.2 Å². The van der Waals surface area contributed by atoms with Gasteiger partial charge in [0.05, 0.1) is 4.90 Å². The van der Waals surface area contributed by atoms with E-state index in [9.17, 15) is 13.2 Å². The summed E-state index contributed by atoms with van der Waals surface area (Å²) in [6.45, 7) is 0.146. The van der Waals surface area contributed by atoms with E-state index in [0.29, 0.717) is 6.42 Å². The molecule has 1 aromatic carbocycles. The highest BCUT2D eigenvalue weighted by molar-refractivity contribution is 7.92. The predicted octanol–water partition coefficient (Wildman–Crippen LogP) is 0.887. The second-order valence-electron chi connectivity index (χ2n) is 4.57. The molecule has 0 bridgehead atoms. The number of benzene rings is 1. The summed E-state index contributed by atoms with van der Waals surface area (Å²) in [5.74, 6) is 0.